The van der Waals surface area contributed by atoms with Crippen LogP contribution in [0.15, 0.2) is 15.9 Å². The maximum absolute atomic E-state index is 14.9. The molecule has 1 aromatic heterocycles. The minimum Gasteiger partial charge on any atom is -0.394 e. The van der Waals surface area contributed by atoms with Crippen LogP contribution >= 0.6 is 11.8 Å². The Bertz CT molecular complexity index is 806. The number of fused-ring (bicyclic) bond motifs is 1. The molecule has 1 fully saturated rings. The first-order chi connectivity index (χ1) is 10.5. The molecule has 1 aromatic carbocycles. The highest BCUT2D eigenvalue weighted by atomic mass is 32.2. The molecule has 0 amide bonds. The van der Waals surface area contributed by atoms with Gasteiger partial charge in [0.1, 0.15) is 5.69 Å². The monoisotopic (exact) mass is 325 g/mol. The molecular formula is C15H17F2N3OS. The number of nitrogen functional groups attached to an aromatic ring is 1. The summed E-state index contributed by atoms with van der Waals surface area (Å²) >= 11 is 1.09. The Morgan fingerprint density at radius 1 is 1.41 bits per heavy atom. The van der Waals surface area contributed by atoms with E-state index in [2.05, 4.69) is 11.9 Å². The van der Waals surface area contributed by atoms with E-state index in [-0.39, 0.29) is 27.2 Å². The predicted octanol–water partition coefficient (Wildman–Crippen LogP) is 2.96. The zero-order chi connectivity index (χ0) is 16.0. The SMILES string of the molecule is CSc1c(F)c(N2CCC(C)C2)c(F)c2[nH]cc(N)c(=O)c12. The summed E-state index contributed by atoms with van der Waals surface area (Å²) in [4.78, 5) is 16.7. The van der Waals surface area contributed by atoms with Crippen LogP contribution < -0.4 is 16.1 Å². The number of H-pyrrole nitrogens is 1. The molecular weight excluding hydrogens is 308 g/mol. The van der Waals surface area contributed by atoms with Crippen LogP contribution in [0, 0.1) is 17.6 Å². The van der Waals surface area contributed by atoms with Crippen molar-refractivity contribution in [3.05, 3.63) is 28.1 Å². The largest absolute Gasteiger partial charge is 0.394 e. The Balaban J connectivity index is 2.36. The number of nitrogens with one attached hydrogen (secondary N) is 1. The number of rotatable bonds is 2. The van der Waals surface area contributed by atoms with Crippen LogP contribution in [0.5, 0.6) is 0 Å². The fourth-order valence-corrected chi connectivity index (χ4v) is 3.65. The summed E-state index contributed by atoms with van der Waals surface area (Å²) in [5, 5.41) is -0.0153. The van der Waals surface area contributed by atoms with Gasteiger partial charge in [-0.2, -0.15) is 0 Å². The second-order valence-electron chi connectivity index (χ2n) is 5.67. The number of nitrogens with zero attached hydrogens (tertiary/aromatic N) is 1. The number of benzene rings is 1. The molecule has 0 spiro atoms. The van der Waals surface area contributed by atoms with Gasteiger partial charge in [-0.05, 0) is 18.6 Å². The summed E-state index contributed by atoms with van der Waals surface area (Å²) in [5.41, 5.74) is 4.94. The Hall–Kier alpha value is -1.76. The number of nitrogens with two attached hydrogens (primary N) is 1. The van der Waals surface area contributed by atoms with E-state index < -0.39 is 17.1 Å². The first-order valence-electron chi connectivity index (χ1n) is 7.06. The van der Waals surface area contributed by atoms with Gasteiger partial charge in [0.25, 0.3) is 0 Å². The van der Waals surface area contributed by atoms with E-state index in [1.54, 1.807) is 11.2 Å². The Kier molecular flexibility index (Phi) is 3.76. The van der Waals surface area contributed by atoms with Crippen molar-refractivity contribution < 1.29 is 8.78 Å². The van der Waals surface area contributed by atoms with Crippen LogP contribution in [-0.4, -0.2) is 24.3 Å². The minimum atomic E-state index is -0.725. The molecule has 2 heterocycles. The van der Waals surface area contributed by atoms with Gasteiger partial charge in [-0.1, -0.05) is 6.92 Å². The highest BCUT2D eigenvalue weighted by Gasteiger charge is 2.29. The highest BCUT2D eigenvalue weighted by Crippen LogP contribution is 2.38. The Morgan fingerprint density at radius 3 is 2.73 bits per heavy atom. The maximum atomic E-state index is 14.9. The van der Waals surface area contributed by atoms with Gasteiger partial charge in [0, 0.05) is 19.3 Å². The molecule has 22 heavy (non-hydrogen) atoms. The lowest BCUT2D eigenvalue weighted by Gasteiger charge is -2.22. The van der Waals surface area contributed by atoms with Gasteiger partial charge < -0.3 is 15.6 Å². The van der Waals surface area contributed by atoms with Gasteiger partial charge in [0.15, 0.2) is 11.6 Å². The van der Waals surface area contributed by atoms with Gasteiger partial charge in [-0.25, -0.2) is 8.78 Å². The van der Waals surface area contributed by atoms with E-state index >= 15 is 0 Å². The summed E-state index contributed by atoms with van der Waals surface area (Å²) in [6, 6.07) is 0. The van der Waals surface area contributed by atoms with Crippen LogP contribution in [0.25, 0.3) is 10.9 Å². The van der Waals surface area contributed by atoms with E-state index in [1.807, 2.05) is 0 Å². The minimum absolute atomic E-state index is 0.0134. The van der Waals surface area contributed by atoms with Crippen LogP contribution in [0.4, 0.5) is 20.2 Å². The van der Waals surface area contributed by atoms with Crippen molar-refractivity contribution in [1.29, 1.82) is 0 Å². The molecule has 2 aromatic rings. The fraction of sp³-hybridized carbons (Fsp3) is 0.400. The molecule has 1 unspecified atom stereocenters. The summed E-state index contributed by atoms with van der Waals surface area (Å²) in [6.07, 6.45) is 3.81. The molecule has 3 rings (SSSR count). The molecule has 0 radical (unpaired) electrons. The first-order valence-corrected chi connectivity index (χ1v) is 8.29. The van der Waals surface area contributed by atoms with E-state index in [1.165, 1.54) is 6.20 Å². The van der Waals surface area contributed by atoms with Crippen molar-refractivity contribution in [2.45, 2.75) is 18.2 Å². The summed E-state index contributed by atoms with van der Waals surface area (Å²) < 4.78 is 29.7. The summed E-state index contributed by atoms with van der Waals surface area (Å²) in [6.45, 7) is 3.26. The van der Waals surface area contributed by atoms with Gasteiger partial charge in [0.2, 0.25) is 5.43 Å². The Morgan fingerprint density at radius 2 is 2.14 bits per heavy atom. The van der Waals surface area contributed by atoms with Crippen LogP contribution in [0.3, 0.4) is 0 Å². The number of pyridine rings is 1. The summed E-state index contributed by atoms with van der Waals surface area (Å²) in [7, 11) is 0. The second-order valence-corrected chi connectivity index (χ2v) is 6.49. The van der Waals surface area contributed by atoms with Crippen molar-refractivity contribution in [2.75, 3.05) is 30.0 Å². The van der Waals surface area contributed by atoms with Crippen molar-refractivity contribution in [3.8, 4) is 0 Å². The smallest absolute Gasteiger partial charge is 0.213 e. The van der Waals surface area contributed by atoms with Crippen LogP contribution in [0.1, 0.15) is 13.3 Å². The quantitative estimate of drug-likeness (QED) is 0.834. The number of aromatic nitrogens is 1. The molecule has 0 bridgehead atoms. The number of hydrogen-bond acceptors (Lipinski definition) is 4. The molecule has 0 aliphatic carbocycles. The zero-order valence-corrected chi connectivity index (χ0v) is 13.2. The third kappa shape index (κ3) is 2.15. The number of hydrogen-bond donors (Lipinski definition) is 2. The molecule has 7 heteroatoms. The van der Waals surface area contributed by atoms with Crippen LogP contribution in [-0.2, 0) is 0 Å². The molecule has 3 N–H and O–H groups in total. The van der Waals surface area contributed by atoms with Crippen molar-refractivity contribution in [2.24, 2.45) is 5.92 Å². The van der Waals surface area contributed by atoms with Gasteiger partial charge >= 0.3 is 0 Å². The number of aromatic amines is 1. The zero-order valence-electron chi connectivity index (χ0n) is 12.4. The third-order valence-electron chi connectivity index (χ3n) is 4.12. The predicted molar refractivity (Wildman–Crippen MR) is 86.7 cm³/mol. The van der Waals surface area contributed by atoms with E-state index in [0.29, 0.717) is 19.0 Å². The lowest BCUT2D eigenvalue weighted by Crippen LogP contribution is -2.23. The van der Waals surface area contributed by atoms with Gasteiger partial charge in [-0.15, -0.1) is 11.8 Å². The number of halogens is 2. The molecule has 118 valence electrons. The van der Waals surface area contributed by atoms with E-state index in [0.717, 1.165) is 18.2 Å². The molecule has 1 aliphatic heterocycles. The fourth-order valence-electron chi connectivity index (χ4n) is 2.97. The highest BCUT2D eigenvalue weighted by molar-refractivity contribution is 7.98. The summed E-state index contributed by atoms with van der Waals surface area (Å²) in [5.74, 6) is -1.02. The second kappa shape index (κ2) is 5.46. The normalized spacial score (nSPS) is 18.4. The topological polar surface area (TPSA) is 62.1 Å². The van der Waals surface area contributed by atoms with Crippen molar-refractivity contribution >= 4 is 34.0 Å². The van der Waals surface area contributed by atoms with E-state index in [9.17, 15) is 13.6 Å². The molecule has 0 saturated carbocycles. The van der Waals surface area contributed by atoms with Gasteiger partial charge in [0.05, 0.1) is 21.5 Å². The maximum Gasteiger partial charge on any atom is 0.213 e. The van der Waals surface area contributed by atoms with Crippen LogP contribution in [0.2, 0.25) is 0 Å². The number of thioether (sulfide) groups is 1. The lowest BCUT2D eigenvalue weighted by atomic mass is 10.1. The average molecular weight is 325 g/mol. The standard InChI is InChI=1S/C15H17F2N3OS/c1-7-3-4-20(6-7)13-10(16)12-9(15(22-2)11(13)17)14(21)8(18)5-19-12/h5,7H,3-4,6,18H2,1-2H3,(H,19,21). The average Bonchev–Trinajstić information content (AvgIpc) is 2.90. The number of anilines is 2. The van der Waals surface area contributed by atoms with Crippen molar-refractivity contribution in [3.63, 3.8) is 0 Å². The van der Waals surface area contributed by atoms with E-state index in [4.69, 9.17) is 5.73 Å². The molecule has 1 aliphatic rings. The Labute approximate surface area is 130 Å². The molecule has 1 atom stereocenters. The lowest BCUT2D eigenvalue weighted by molar-refractivity contribution is 0.566. The third-order valence-corrected chi connectivity index (χ3v) is 4.91. The van der Waals surface area contributed by atoms with Gasteiger partial charge in [-0.3, -0.25) is 4.79 Å². The van der Waals surface area contributed by atoms with Crippen molar-refractivity contribution in [1.82, 2.24) is 4.98 Å². The molecule has 4 nitrogen and oxygen atoms in total. The molecule has 1 saturated heterocycles. The first kappa shape index (κ1) is 15.1.